The van der Waals surface area contributed by atoms with Gasteiger partial charge in [0.05, 0.1) is 38.3 Å². The van der Waals surface area contributed by atoms with Gasteiger partial charge in [-0.1, -0.05) is 23.8 Å². The summed E-state index contributed by atoms with van der Waals surface area (Å²) < 4.78 is 46.3. The molecule has 1 unspecified atom stereocenters. The number of amides is 1. The maximum Gasteiger partial charge on any atom is 0.244 e. The Bertz CT molecular complexity index is 1470. The average Bonchev–Trinajstić information content (AvgIpc) is 3.61. The average molecular weight is 615 g/mol. The van der Waals surface area contributed by atoms with Crippen molar-refractivity contribution in [2.45, 2.75) is 64.5 Å². The van der Waals surface area contributed by atoms with E-state index in [1.54, 1.807) is 30.5 Å². The second-order valence-corrected chi connectivity index (χ2v) is 14.2. The highest BCUT2D eigenvalue weighted by molar-refractivity contribution is 7.89. The molecule has 1 aromatic heterocycles. The van der Waals surface area contributed by atoms with Crippen molar-refractivity contribution in [2.24, 2.45) is 0 Å². The fourth-order valence-corrected chi connectivity index (χ4v) is 8.31. The molecule has 1 aliphatic rings. The zero-order chi connectivity index (χ0) is 30.4. The molecule has 0 bridgehead atoms. The van der Waals surface area contributed by atoms with E-state index in [1.807, 2.05) is 70.2 Å². The molecule has 0 aliphatic carbocycles. The van der Waals surface area contributed by atoms with E-state index in [9.17, 15) is 13.2 Å². The number of hydrogen-bond acceptors (Lipinski definition) is 7. The van der Waals surface area contributed by atoms with E-state index >= 15 is 0 Å². The predicted octanol–water partition coefficient (Wildman–Crippen LogP) is 5.44. The Morgan fingerprint density at radius 1 is 1.00 bits per heavy atom. The Morgan fingerprint density at radius 2 is 1.71 bits per heavy atom. The van der Waals surface area contributed by atoms with Crippen LogP contribution in [0.1, 0.15) is 44.8 Å². The number of hydrogen-bond donors (Lipinski definition) is 0. The summed E-state index contributed by atoms with van der Waals surface area (Å²) in [4.78, 5) is 18.3. The van der Waals surface area contributed by atoms with Crippen LogP contribution < -0.4 is 9.47 Å². The van der Waals surface area contributed by atoms with Crippen molar-refractivity contribution in [3.8, 4) is 11.5 Å². The Kier molecular flexibility index (Phi) is 10.7. The van der Waals surface area contributed by atoms with E-state index in [0.717, 1.165) is 33.7 Å². The van der Waals surface area contributed by atoms with Crippen LogP contribution in [0.25, 0.3) is 0 Å². The van der Waals surface area contributed by atoms with Crippen LogP contribution in [0.2, 0.25) is 0 Å². The zero-order valence-corrected chi connectivity index (χ0v) is 27.1. The molecule has 8 nitrogen and oxygen atoms in total. The fraction of sp³-hybridized carbons (Fsp3) is 0.469. The van der Waals surface area contributed by atoms with Crippen molar-refractivity contribution in [1.82, 2.24) is 9.21 Å². The largest absolute Gasteiger partial charge is 0.493 e. The van der Waals surface area contributed by atoms with Gasteiger partial charge in [-0.05, 0) is 87.9 Å². The lowest BCUT2D eigenvalue weighted by Gasteiger charge is -2.29. The van der Waals surface area contributed by atoms with Crippen molar-refractivity contribution >= 4 is 27.3 Å². The lowest BCUT2D eigenvalue weighted by molar-refractivity contribution is -0.132. The third-order valence-corrected chi connectivity index (χ3v) is 10.7. The van der Waals surface area contributed by atoms with E-state index in [1.165, 1.54) is 4.31 Å². The van der Waals surface area contributed by atoms with E-state index in [0.29, 0.717) is 48.7 Å². The first-order valence-corrected chi connectivity index (χ1v) is 16.5. The molecule has 2 aromatic carbocycles. The molecule has 2 heterocycles. The van der Waals surface area contributed by atoms with E-state index in [-0.39, 0.29) is 30.0 Å². The Morgan fingerprint density at radius 3 is 2.31 bits per heavy atom. The molecule has 1 atom stereocenters. The van der Waals surface area contributed by atoms with Gasteiger partial charge in [-0.3, -0.25) is 4.79 Å². The van der Waals surface area contributed by atoms with Gasteiger partial charge < -0.3 is 19.1 Å². The topological polar surface area (TPSA) is 85.4 Å². The quantitative estimate of drug-likeness (QED) is 0.255. The third-order valence-electron chi connectivity index (χ3n) is 7.56. The van der Waals surface area contributed by atoms with Crippen molar-refractivity contribution < 1.29 is 27.4 Å². The minimum atomic E-state index is -3.97. The number of sulfonamides is 1. The fourth-order valence-electron chi connectivity index (χ4n) is 5.57. The molecule has 0 saturated carbocycles. The highest BCUT2D eigenvalue weighted by Crippen LogP contribution is 2.29. The number of rotatable bonds is 13. The summed E-state index contributed by atoms with van der Waals surface area (Å²) in [5, 5.41) is 0. The van der Waals surface area contributed by atoms with Crippen molar-refractivity contribution in [1.29, 1.82) is 0 Å². The van der Waals surface area contributed by atoms with Gasteiger partial charge in [-0.25, -0.2) is 8.42 Å². The Labute approximate surface area is 254 Å². The molecular formula is C32H42N2O6S2. The number of nitrogens with zero attached hydrogens (tertiary/aromatic N) is 2. The molecule has 1 saturated heterocycles. The molecule has 228 valence electrons. The molecule has 0 N–H and O–H groups in total. The van der Waals surface area contributed by atoms with Gasteiger partial charge in [0.1, 0.15) is 0 Å². The number of carbonyl (C=O) groups excluding carboxylic acids is 1. The summed E-state index contributed by atoms with van der Waals surface area (Å²) in [6.07, 6.45) is 1.98. The first-order valence-electron chi connectivity index (χ1n) is 14.3. The smallest absolute Gasteiger partial charge is 0.244 e. The molecule has 0 radical (unpaired) electrons. The van der Waals surface area contributed by atoms with E-state index < -0.39 is 10.0 Å². The minimum absolute atomic E-state index is 0.141. The molecular weight excluding hydrogens is 572 g/mol. The van der Waals surface area contributed by atoms with Crippen LogP contribution in [0.15, 0.2) is 47.4 Å². The van der Waals surface area contributed by atoms with Gasteiger partial charge in [0.2, 0.25) is 15.9 Å². The number of benzene rings is 2. The lowest BCUT2D eigenvalue weighted by atomic mass is 10.1. The molecule has 4 rings (SSSR count). The summed E-state index contributed by atoms with van der Waals surface area (Å²) in [6.45, 7) is 8.92. The summed E-state index contributed by atoms with van der Waals surface area (Å²) in [5.74, 6) is 1.02. The van der Waals surface area contributed by atoms with Crippen molar-refractivity contribution in [3.05, 3.63) is 74.5 Å². The first kappa shape index (κ1) is 32.0. The predicted molar refractivity (Wildman–Crippen MR) is 166 cm³/mol. The van der Waals surface area contributed by atoms with Gasteiger partial charge in [-0.2, -0.15) is 4.31 Å². The van der Waals surface area contributed by atoms with Gasteiger partial charge >= 0.3 is 0 Å². The second-order valence-electron chi connectivity index (χ2n) is 10.9. The first-order chi connectivity index (χ1) is 20.0. The number of carbonyl (C=O) groups is 1. The standard InChI is InChI=1S/C32H42N2O6S2/c1-22-16-23(2)32(24(3)17-22)42(36,37)34(19-27-8-7-15-40-27)21-31(35)33(20-28-11-9-25(4)41-28)14-13-26-10-12-29(38-5)30(18-26)39-6/h9-12,16-18,27H,7-8,13-15,19-21H2,1-6H3. The highest BCUT2D eigenvalue weighted by atomic mass is 32.2. The molecule has 0 spiro atoms. The minimum Gasteiger partial charge on any atom is -0.493 e. The number of ether oxygens (including phenoxy) is 3. The third kappa shape index (κ3) is 7.72. The van der Waals surface area contributed by atoms with Crippen LogP contribution in [0, 0.1) is 27.7 Å². The van der Waals surface area contributed by atoms with Crippen LogP contribution in [0.5, 0.6) is 11.5 Å². The number of thiophene rings is 1. The monoisotopic (exact) mass is 614 g/mol. The summed E-state index contributed by atoms with van der Waals surface area (Å²) in [6, 6.07) is 13.5. The number of methoxy groups -OCH3 is 2. The summed E-state index contributed by atoms with van der Waals surface area (Å²) >= 11 is 1.64. The van der Waals surface area contributed by atoms with Gasteiger partial charge in [-0.15, -0.1) is 11.3 Å². The molecule has 3 aromatic rings. The van der Waals surface area contributed by atoms with E-state index in [2.05, 4.69) is 0 Å². The van der Waals surface area contributed by atoms with Gasteiger partial charge in [0.25, 0.3) is 0 Å². The van der Waals surface area contributed by atoms with Crippen LogP contribution >= 0.6 is 11.3 Å². The van der Waals surface area contributed by atoms with E-state index in [4.69, 9.17) is 14.2 Å². The van der Waals surface area contributed by atoms with Crippen LogP contribution in [-0.4, -0.2) is 70.1 Å². The van der Waals surface area contributed by atoms with Crippen molar-refractivity contribution in [2.75, 3.05) is 40.5 Å². The zero-order valence-electron chi connectivity index (χ0n) is 25.4. The van der Waals surface area contributed by atoms with Gasteiger partial charge in [0.15, 0.2) is 11.5 Å². The maximum absolute atomic E-state index is 14.2. The normalized spacial score (nSPS) is 15.3. The lowest BCUT2D eigenvalue weighted by Crippen LogP contribution is -2.46. The molecule has 1 amide bonds. The molecule has 10 heteroatoms. The molecule has 1 fully saturated rings. The van der Waals surface area contributed by atoms with Gasteiger partial charge in [0, 0.05) is 29.5 Å². The SMILES string of the molecule is COc1ccc(CCN(Cc2ccc(C)s2)C(=O)CN(CC2CCCO2)S(=O)(=O)c2c(C)cc(C)cc2C)cc1OC. The molecule has 42 heavy (non-hydrogen) atoms. The van der Waals surface area contributed by atoms with Crippen LogP contribution in [-0.2, 0) is 32.5 Å². The Balaban J connectivity index is 1.62. The summed E-state index contributed by atoms with van der Waals surface area (Å²) in [5.41, 5.74) is 3.34. The molecule has 1 aliphatic heterocycles. The van der Waals surface area contributed by atoms with Crippen LogP contribution in [0.4, 0.5) is 0 Å². The van der Waals surface area contributed by atoms with Crippen molar-refractivity contribution in [3.63, 3.8) is 0 Å². The Hall–Kier alpha value is -2.92. The second kappa shape index (κ2) is 14.0. The van der Waals surface area contributed by atoms with Crippen LogP contribution in [0.3, 0.4) is 0 Å². The summed E-state index contributed by atoms with van der Waals surface area (Å²) in [7, 11) is -0.781. The number of aryl methyl sites for hydroxylation is 4. The highest BCUT2D eigenvalue weighted by Gasteiger charge is 2.34. The maximum atomic E-state index is 14.2.